The molecule has 0 aliphatic carbocycles. The highest BCUT2D eigenvalue weighted by Gasteiger charge is 2.11. The zero-order valence-electron chi connectivity index (χ0n) is 19.5. The second-order valence-corrected chi connectivity index (χ2v) is 8.35. The van der Waals surface area contributed by atoms with E-state index in [4.69, 9.17) is 4.74 Å². The third-order valence-corrected chi connectivity index (χ3v) is 5.53. The van der Waals surface area contributed by atoms with Gasteiger partial charge in [0.15, 0.2) is 0 Å². The van der Waals surface area contributed by atoms with E-state index in [1.54, 1.807) is 0 Å². The average Bonchev–Trinajstić information content (AvgIpc) is 2.70. The number of rotatable bonds is 21. The molecular weight excluding hydrogens is 344 g/mol. The van der Waals surface area contributed by atoms with Gasteiger partial charge >= 0.3 is 5.97 Å². The molecule has 2 heteroatoms. The van der Waals surface area contributed by atoms with Crippen LogP contribution in [-0.4, -0.2) is 12.1 Å². The Morgan fingerprint density at radius 2 is 1.18 bits per heavy atom. The van der Waals surface area contributed by atoms with Crippen molar-refractivity contribution in [3.8, 4) is 0 Å². The largest absolute Gasteiger partial charge is 0.462 e. The summed E-state index contributed by atoms with van der Waals surface area (Å²) in [5.74, 6) is 0.0148. The molecule has 0 aromatic carbocycles. The van der Waals surface area contributed by atoms with Crippen LogP contribution in [0.15, 0.2) is 12.2 Å². The van der Waals surface area contributed by atoms with Gasteiger partial charge in [-0.05, 0) is 51.4 Å². The van der Waals surface area contributed by atoms with E-state index in [-0.39, 0.29) is 12.1 Å². The van der Waals surface area contributed by atoms with Crippen LogP contribution in [0, 0.1) is 0 Å². The highest BCUT2D eigenvalue weighted by atomic mass is 16.5. The summed E-state index contributed by atoms with van der Waals surface area (Å²) in [7, 11) is 0. The summed E-state index contributed by atoms with van der Waals surface area (Å²) in [4.78, 5) is 11.9. The Morgan fingerprint density at radius 1 is 0.679 bits per heavy atom. The first kappa shape index (κ1) is 27.2. The van der Waals surface area contributed by atoms with Crippen LogP contribution in [0.5, 0.6) is 0 Å². The molecule has 1 unspecified atom stereocenters. The van der Waals surface area contributed by atoms with Crippen LogP contribution in [0.3, 0.4) is 0 Å². The summed E-state index contributed by atoms with van der Waals surface area (Å²) in [6.07, 6.45) is 27.8. The fourth-order valence-corrected chi connectivity index (χ4v) is 3.55. The van der Waals surface area contributed by atoms with Crippen LogP contribution >= 0.6 is 0 Å². The fourth-order valence-electron chi connectivity index (χ4n) is 3.55. The van der Waals surface area contributed by atoms with Gasteiger partial charge in [0.2, 0.25) is 0 Å². The van der Waals surface area contributed by atoms with E-state index in [2.05, 4.69) is 32.9 Å². The van der Waals surface area contributed by atoms with E-state index >= 15 is 0 Å². The van der Waals surface area contributed by atoms with Crippen LogP contribution < -0.4 is 0 Å². The molecule has 0 bridgehead atoms. The third kappa shape index (κ3) is 20.0. The number of carbonyl (C=O) groups is 1. The van der Waals surface area contributed by atoms with Gasteiger partial charge in [0.05, 0.1) is 0 Å². The Morgan fingerprint density at radius 3 is 1.75 bits per heavy atom. The van der Waals surface area contributed by atoms with Crippen molar-refractivity contribution in [1.82, 2.24) is 0 Å². The molecule has 0 saturated carbocycles. The average molecular weight is 395 g/mol. The summed E-state index contributed by atoms with van der Waals surface area (Å²) in [5, 5.41) is 0. The van der Waals surface area contributed by atoms with Crippen molar-refractivity contribution in [2.75, 3.05) is 0 Å². The lowest BCUT2D eigenvalue weighted by atomic mass is 10.1. The molecule has 28 heavy (non-hydrogen) atoms. The number of ether oxygens (including phenoxy) is 1. The lowest BCUT2D eigenvalue weighted by Gasteiger charge is -2.16. The minimum atomic E-state index is 0.0148. The molecule has 166 valence electrons. The first-order valence-electron chi connectivity index (χ1n) is 12.6. The SMILES string of the molecule is CCCCCCCCC=CCCCCCCCC(=O)OC(CC)CCCCC. The van der Waals surface area contributed by atoms with E-state index in [0.29, 0.717) is 6.42 Å². The topological polar surface area (TPSA) is 26.3 Å². The zero-order chi connectivity index (χ0) is 20.7. The maximum absolute atomic E-state index is 11.9. The van der Waals surface area contributed by atoms with Gasteiger partial charge in [-0.1, -0.05) is 97.1 Å². The summed E-state index contributed by atoms with van der Waals surface area (Å²) < 4.78 is 5.62. The van der Waals surface area contributed by atoms with Crippen LogP contribution in [0.25, 0.3) is 0 Å². The quantitative estimate of drug-likeness (QED) is 0.110. The van der Waals surface area contributed by atoms with Gasteiger partial charge in [-0.3, -0.25) is 4.79 Å². The highest BCUT2D eigenvalue weighted by molar-refractivity contribution is 5.69. The Labute approximate surface area is 176 Å². The molecule has 0 amide bonds. The van der Waals surface area contributed by atoms with Gasteiger partial charge in [-0.25, -0.2) is 0 Å². The van der Waals surface area contributed by atoms with Crippen LogP contribution in [0.4, 0.5) is 0 Å². The summed E-state index contributed by atoms with van der Waals surface area (Å²) in [5.41, 5.74) is 0. The monoisotopic (exact) mass is 394 g/mol. The van der Waals surface area contributed by atoms with Crippen molar-refractivity contribution < 1.29 is 9.53 Å². The van der Waals surface area contributed by atoms with Crippen molar-refractivity contribution in [2.24, 2.45) is 0 Å². The van der Waals surface area contributed by atoms with Crippen LogP contribution in [0.1, 0.15) is 143 Å². The van der Waals surface area contributed by atoms with Gasteiger partial charge in [0.25, 0.3) is 0 Å². The summed E-state index contributed by atoms with van der Waals surface area (Å²) in [6.45, 7) is 6.60. The van der Waals surface area contributed by atoms with E-state index in [9.17, 15) is 4.79 Å². The smallest absolute Gasteiger partial charge is 0.306 e. The van der Waals surface area contributed by atoms with Crippen molar-refractivity contribution in [3.05, 3.63) is 12.2 Å². The van der Waals surface area contributed by atoms with Gasteiger partial charge in [0, 0.05) is 6.42 Å². The maximum atomic E-state index is 11.9. The van der Waals surface area contributed by atoms with E-state index in [1.165, 1.54) is 89.9 Å². The van der Waals surface area contributed by atoms with Crippen molar-refractivity contribution in [3.63, 3.8) is 0 Å². The van der Waals surface area contributed by atoms with Crippen LogP contribution in [-0.2, 0) is 9.53 Å². The molecule has 0 N–H and O–H groups in total. The molecule has 0 aliphatic heterocycles. The zero-order valence-corrected chi connectivity index (χ0v) is 19.5. The van der Waals surface area contributed by atoms with Gasteiger partial charge in [-0.15, -0.1) is 0 Å². The lowest BCUT2D eigenvalue weighted by Crippen LogP contribution is -2.17. The molecule has 0 aromatic heterocycles. The Kier molecular flexibility index (Phi) is 21.9. The lowest BCUT2D eigenvalue weighted by molar-refractivity contribution is -0.149. The van der Waals surface area contributed by atoms with Gasteiger partial charge in [0.1, 0.15) is 6.10 Å². The third-order valence-electron chi connectivity index (χ3n) is 5.53. The van der Waals surface area contributed by atoms with Crippen molar-refractivity contribution >= 4 is 5.97 Å². The second-order valence-electron chi connectivity index (χ2n) is 8.35. The van der Waals surface area contributed by atoms with E-state index in [1.807, 2.05) is 0 Å². The normalized spacial score (nSPS) is 12.5. The minimum absolute atomic E-state index is 0.0148. The molecule has 0 radical (unpaired) electrons. The van der Waals surface area contributed by atoms with E-state index < -0.39 is 0 Å². The molecular formula is C26H50O2. The fraction of sp³-hybridized carbons (Fsp3) is 0.885. The standard InChI is InChI=1S/C26H50O2/c1-4-7-9-10-11-12-13-14-15-16-17-18-19-20-22-24-26(27)28-25(6-3)23-21-8-5-2/h14-15,25H,4-13,16-24H2,1-3H3. The highest BCUT2D eigenvalue weighted by Crippen LogP contribution is 2.13. The summed E-state index contributed by atoms with van der Waals surface area (Å²) in [6, 6.07) is 0. The number of unbranched alkanes of at least 4 members (excludes halogenated alkanes) is 13. The Hall–Kier alpha value is -0.790. The number of hydrogen-bond donors (Lipinski definition) is 0. The maximum Gasteiger partial charge on any atom is 0.306 e. The first-order chi connectivity index (χ1) is 13.7. The van der Waals surface area contributed by atoms with E-state index in [0.717, 1.165) is 25.7 Å². The number of hydrogen-bond acceptors (Lipinski definition) is 2. The molecule has 0 saturated heterocycles. The van der Waals surface area contributed by atoms with Gasteiger partial charge < -0.3 is 4.74 Å². The number of allylic oxidation sites excluding steroid dienone is 2. The van der Waals surface area contributed by atoms with Crippen molar-refractivity contribution in [2.45, 2.75) is 149 Å². The molecule has 0 aliphatic rings. The van der Waals surface area contributed by atoms with Crippen molar-refractivity contribution in [1.29, 1.82) is 0 Å². The summed E-state index contributed by atoms with van der Waals surface area (Å²) >= 11 is 0. The number of esters is 1. The molecule has 1 atom stereocenters. The van der Waals surface area contributed by atoms with Crippen LogP contribution in [0.2, 0.25) is 0 Å². The number of carbonyl (C=O) groups excluding carboxylic acids is 1. The van der Waals surface area contributed by atoms with Gasteiger partial charge in [-0.2, -0.15) is 0 Å². The molecule has 2 nitrogen and oxygen atoms in total. The predicted octanol–water partition coefficient (Wildman–Crippen LogP) is 8.93. The Balaban J connectivity index is 3.39. The molecule has 0 spiro atoms. The Bertz CT molecular complexity index is 348. The second kappa shape index (κ2) is 22.5. The molecule has 0 heterocycles. The molecule has 0 fully saturated rings. The minimum Gasteiger partial charge on any atom is -0.462 e. The first-order valence-corrected chi connectivity index (χ1v) is 12.6. The predicted molar refractivity (Wildman–Crippen MR) is 124 cm³/mol. The molecule has 0 rings (SSSR count). The molecule has 0 aromatic rings.